The number of rotatable bonds is 5. The number of anilines is 1. The molecule has 1 saturated heterocycles. The summed E-state index contributed by atoms with van der Waals surface area (Å²) in [6.07, 6.45) is 8.51. The summed E-state index contributed by atoms with van der Waals surface area (Å²) in [6.45, 7) is 8.29. The number of hydrogen-bond donors (Lipinski definition) is 1. The lowest BCUT2D eigenvalue weighted by Gasteiger charge is -2.36. The molecule has 2 heterocycles. The summed E-state index contributed by atoms with van der Waals surface area (Å²) in [4.78, 5) is 35.7. The van der Waals surface area contributed by atoms with E-state index in [9.17, 15) is 9.59 Å². The van der Waals surface area contributed by atoms with Crippen molar-refractivity contribution in [2.45, 2.75) is 51.7 Å². The van der Waals surface area contributed by atoms with Gasteiger partial charge in [-0.05, 0) is 70.0 Å². The third-order valence-electron chi connectivity index (χ3n) is 6.12. The molecule has 34 heavy (non-hydrogen) atoms. The molecular formula is C26H35N5O3. The van der Waals surface area contributed by atoms with Gasteiger partial charge in [0.2, 0.25) is 0 Å². The highest BCUT2D eigenvalue weighted by atomic mass is 16.6. The first-order chi connectivity index (χ1) is 16.2. The van der Waals surface area contributed by atoms with Crippen LogP contribution < -0.4 is 10.2 Å². The summed E-state index contributed by atoms with van der Waals surface area (Å²) in [5.74, 6) is 0.802. The standard InChI is InChI=1S/C26H35N5O3/c1-26(2,3)34-25(33)31-17-15-30(16-18-31)22-8-5-19(6-9-22)24(32)28-20-7-12-23(27-14-13-20)29(4)21-10-11-21/h5-9,12,14,21H,10-11,13,15-18H2,1-4H3,(H,28,32). The maximum absolute atomic E-state index is 12.8. The molecule has 1 saturated carbocycles. The van der Waals surface area contributed by atoms with Gasteiger partial charge >= 0.3 is 6.09 Å². The normalized spacial score (nSPS) is 18.6. The molecule has 0 spiro atoms. The monoisotopic (exact) mass is 465 g/mol. The van der Waals surface area contributed by atoms with E-state index in [0.717, 1.165) is 30.3 Å². The molecule has 1 aromatic carbocycles. The van der Waals surface area contributed by atoms with Crippen LogP contribution in [0.3, 0.4) is 0 Å². The van der Waals surface area contributed by atoms with E-state index < -0.39 is 5.60 Å². The summed E-state index contributed by atoms with van der Waals surface area (Å²) >= 11 is 0. The van der Waals surface area contributed by atoms with Crippen molar-refractivity contribution in [1.29, 1.82) is 0 Å². The van der Waals surface area contributed by atoms with Crippen molar-refractivity contribution in [3.8, 4) is 0 Å². The van der Waals surface area contributed by atoms with Crippen LogP contribution in [0, 0.1) is 0 Å². The van der Waals surface area contributed by atoms with Crippen LogP contribution in [-0.4, -0.2) is 72.9 Å². The van der Waals surface area contributed by atoms with Gasteiger partial charge in [0.25, 0.3) is 5.91 Å². The molecule has 2 fully saturated rings. The molecule has 0 radical (unpaired) electrons. The summed E-state index contributed by atoms with van der Waals surface area (Å²) in [7, 11) is 2.07. The van der Waals surface area contributed by atoms with Gasteiger partial charge in [-0.3, -0.25) is 4.79 Å². The molecule has 2 aliphatic heterocycles. The summed E-state index contributed by atoms with van der Waals surface area (Å²) in [5, 5.41) is 3.01. The molecule has 3 aliphatic rings. The number of ether oxygens (including phenoxy) is 1. The van der Waals surface area contributed by atoms with Crippen molar-refractivity contribution in [3.63, 3.8) is 0 Å². The van der Waals surface area contributed by atoms with Crippen LogP contribution in [0.4, 0.5) is 10.5 Å². The number of hydrogen-bond acceptors (Lipinski definition) is 6. The number of carbonyl (C=O) groups is 2. The van der Waals surface area contributed by atoms with Crippen LogP contribution >= 0.6 is 0 Å². The summed E-state index contributed by atoms with van der Waals surface area (Å²) in [6, 6.07) is 8.20. The van der Waals surface area contributed by atoms with Crippen LogP contribution in [0.15, 0.2) is 52.9 Å². The van der Waals surface area contributed by atoms with Crippen LogP contribution in [0.2, 0.25) is 0 Å². The number of amides is 2. The SMILES string of the molecule is CN(C1=CC=C(NC(=O)c2ccc(N3CCN(C(=O)OC(C)(C)C)CC3)cc2)CC=N1)C1CC1. The minimum atomic E-state index is -0.490. The second-order valence-electron chi connectivity index (χ2n) is 10.0. The van der Waals surface area contributed by atoms with Crippen molar-refractivity contribution < 1.29 is 14.3 Å². The van der Waals surface area contributed by atoms with Gasteiger partial charge in [0.15, 0.2) is 0 Å². The first-order valence-corrected chi connectivity index (χ1v) is 12.0. The fourth-order valence-corrected chi connectivity index (χ4v) is 3.99. The van der Waals surface area contributed by atoms with Gasteiger partial charge in [0, 0.05) is 68.9 Å². The van der Waals surface area contributed by atoms with E-state index in [2.05, 4.69) is 27.2 Å². The highest BCUT2D eigenvalue weighted by molar-refractivity contribution is 5.96. The van der Waals surface area contributed by atoms with Gasteiger partial charge in [-0.25, -0.2) is 9.79 Å². The Hall–Kier alpha value is -3.29. The van der Waals surface area contributed by atoms with E-state index in [1.54, 1.807) is 4.90 Å². The average Bonchev–Trinajstić information content (AvgIpc) is 3.66. The fraction of sp³-hybridized carbons (Fsp3) is 0.500. The molecule has 0 bridgehead atoms. The van der Waals surface area contributed by atoms with E-state index in [4.69, 9.17) is 4.74 Å². The smallest absolute Gasteiger partial charge is 0.410 e. The van der Waals surface area contributed by atoms with Crippen molar-refractivity contribution in [3.05, 3.63) is 53.5 Å². The van der Waals surface area contributed by atoms with Gasteiger partial charge in [0.1, 0.15) is 11.4 Å². The molecule has 8 heteroatoms. The highest BCUT2D eigenvalue weighted by Crippen LogP contribution is 2.29. The third-order valence-corrected chi connectivity index (χ3v) is 6.12. The largest absolute Gasteiger partial charge is 0.444 e. The molecule has 1 N–H and O–H groups in total. The Kier molecular flexibility index (Phi) is 6.95. The van der Waals surface area contributed by atoms with Crippen molar-refractivity contribution >= 4 is 23.9 Å². The number of aliphatic imine (C=N–C) groups is 1. The molecule has 8 nitrogen and oxygen atoms in total. The molecule has 0 unspecified atom stereocenters. The lowest BCUT2D eigenvalue weighted by molar-refractivity contribution is 0.0240. The zero-order valence-corrected chi connectivity index (χ0v) is 20.6. The molecule has 4 rings (SSSR count). The molecular weight excluding hydrogens is 430 g/mol. The van der Waals surface area contributed by atoms with E-state index in [-0.39, 0.29) is 12.0 Å². The molecule has 182 valence electrons. The first kappa shape index (κ1) is 23.9. The number of piperazine rings is 1. The van der Waals surface area contributed by atoms with Crippen molar-refractivity contribution in [2.24, 2.45) is 4.99 Å². The van der Waals surface area contributed by atoms with E-state index in [1.165, 1.54) is 12.8 Å². The van der Waals surface area contributed by atoms with Crippen LogP contribution in [0.1, 0.15) is 50.4 Å². The number of nitrogens with zero attached hydrogens (tertiary/aromatic N) is 4. The quantitative estimate of drug-likeness (QED) is 0.716. The molecule has 1 aliphatic carbocycles. The fourth-order valence-electron chi connectivity index (χ4n) is 3.99. The highest BCUT2D eigenvalue weighted by Gasteiger charge is 2.28. The summed E-state index contributed by atoms with van der Waals surface area (Å²) in [5.41, 5.74) is 1.99. The average molecular weight is 466 g/mol. The minimum absolute atomic E-state index is 0.131. The van der Waals surface area contributed by atoms with Gasteiger partial charge < -0.3 is 24.8 Å². The Morgan fingerprint density at radius 3 is 2.35 bits per heavy atom. The second kappa shape index (κ2) is 9.91. The van der Waals surface area contributed by atoms with E-state index in [0.29, 0.717) is 31.1 Å². The Bertz CT molecular complexity index is 994. The van der Waals surface area contributed by atoms with Gasteiger partial charge in [-0.1, -0.05) is 0 Å². The number of benzene rings is 1. The van der Waals surface area contributed by atoms with E-state index >= 15 is 0 Å². The maximum Gasteiger partial charge on any atom is 0.410 e. The van der Waals surface area contributed by atoms with Crippen molar-refractivity contribution in [2.75, 3.05) is 38.1 Å². The Balaban J connectivity index is 1.30. The second-order valence-corrected chi connectivity index (χ2v) is 10.0. The molecule has 0 aromatic heterocycles. The van der Waals surface area contributed by atoms with Crippen molar-refractivity contribution in [1.82, 2.24) is 15.1 Å². The van der Waals surface area contributed by atoms with Gasteiger partial charge in [-0.15, -0.1) is 0 Å². The van der Waals surface area contributed by atoms with E-state index in [1.807, 2.05) is 63.4 Å². The van der Waals surface area contributed by atoms with Crippen LogP contribution in [0.25, 0.3) is 0 Å². The predicted molar refractivity (Wildman–Crippen MR) is 134 cm³/mol. The Morgan fingerprint density at radius 2 is 1.74 bits per heavy atom. The predicted octanol–water partition coefficient (Wildman–Crippen LogP) is 3.77. The zero-order valence-electron chi connectivity index (χ0n) is 20.6. The number of allylic oxidation sites excluding steroid dienone is 3. The Labute approximate surface area is 201 Å². The number of carbonyl (C=O) groups excluding carboxylic acids is 2. The van der Waals surface area contributed by atoms with Crippen LogP contribution in [0.5, 0.6) is 0 Å². The lowest BCUT2D eigenvalue weighted by Crippen LogP contribution is -2.50. The zero-order chi connectivity index (χ0) is 24.3. The minimum Gasteiger partial charge on any atom is -0.444 e. The maximum atomic E-state index is 12.8. The topological polar surface area (TPSA) is 77.5 Å². The molecule has 1 aromatic rings. The lowest BCUT2D eigenvalue weighted by atomic mass is 10.1. The number of nitrogens with one attached hydrogen (secondary N) is 1. The van der Waals surface area contributed by atoms with Crippen LogP contribution in [-0.2, 0) is 4.74 Å². The Morgan fingerprint density at radius 1 is 1.06 bits per heavy atom. The first-order valence-electron chi connectivity index (χ1n) is 12.0. The molecule has 0 atom stereocenters. The summed E-state index contributed by atoms with van der Waals surface area (Å²) < 4.78 is 5.47. The van der Waals surface area contributed by atoms with Gasteiger partial charge in [0.05, 0.1) is 0 Å². The third kappa shape index (κ3) is 6.18. The van der Waals surface area contributed by atoms with Gasteiger partial charge in [-0.2, -0.15) is 0 Å². The molecule has 2 amide bonds.